The van der Waals surface area contributed by atoms with Gasteiger partial charge in [-0.05, 0) is 38.3 Å². The molecule has 1 aromatic rings. The van der Waals surface area contributed by atoms with E-state index < -0.39 is 0 Å². The Morgan fingerprint density at radius 2 is 2.16 bits per heavy atom. The summed E-state index contributed by atoms with van der Waals surface area (Å²) in [6.07, 6.45) is 2.10. The van der Waals surface area contributed by atoms with E-state index in [1.54, 1.807) is 7.11 Å². The van der Waals surface area contributed by atoms with Crippen LogP contribution in [0.1, 0.15) is 25.8 Å². The van der Waals surface area contributed by atoms with Crippen molar-refractivity contribution in [1.29, 1.82) is 0 Å². The quantitative estimate of drug-likeness (QED) is 0.919. The molecule has 19 heavy (non-hydrogen) atoms. The van der Waals surface area contributed by atoms with E-state index in [0.717, 1.165) is 29.6 Å². The molecule has 3 nitrogen and oxygen atoms in total. The van der Waals surface area contributed by atoms with Crippen molar-refractivity contribution in [3.8, 4) is 5.75 Å². The average Bonchev–Trinajstić information content (AvgIpc) is 2.38. The Morgan fingerprint density at radius 3 is 2.89 bits per heavy atom. The van der Waals surface area contributed by atoms with Crippen molar-refractivity contribution in [2.45, 2.75) is 32.2 Å². The van der Waals surface area contributed by atoms with Gasteiger partial charge in [0.05, 0.1) is 7.11 Å². The molecule has 0 aromatic heterocycles. The summed E-state index contributed by atoms with van der Waals surface area (Å²) >= 11 is 1.82. The lowest BCUT2D eigenvalue weighted by Crippen LogP contribution is -2.46. The third-order valence-corrected chi connectivity index (χ3v) is 4.15. The molecule has 1 N–H and O–H groups in total. The standard InChI is InChI=1S/C15H22N2OS/c1-15(2)9-11-19-14(17-15)16-10-8-12-6-4-5-7-13(12)18-3/h4-7H,8-11H2,1-3H3,(H,16,17). The SMILES string of the molecule is COc1ccccc1CCN=C1NC(C)(C)CCS1. The van der Waals surface area contributed by atoms with E-state index in [0.29, 0.717) is 0 Å². The zero-order valence-corrected chi connectivity index (χ0v) is 12.7. The minimum absolute atomic E-state index is 0.175. The van der Waals surface area contributed by atoms with Gasteiger partial charge in [-0.25, -0.2) is 0 Å². The molecule has 0 spiro atoms. The first-order valence-corrected chi connectivity index (χ1v) is 7.67. The molecule has 0 aliphatic carbocycles. The highest BCUT2D eigenvalue weighted by atomic mass is 32.2. The number of methoxy groups -OCH3 is 1. The number of amidine groups is 1. The first kappa shape index (κ1) is 14.3. The number of benzene rings is 1. The minimum atomic E-state index is 0.175. The van der Waals surface area contributed by atoms with Crippen LogP contribution in [-0.4, -0.2) is 30.1 Å². The van der Waals surface area contributed by atoms with E-state index >= 15 is 0 Å². The zero-order chi connectivity index (χ0) is 13.7. The van der Waals surface area contributed by atoms with Crippen molar-refractivity contribution in [3.63, 3.8) is 0 Å². The Bertz CT molecular complexity index is 457. The van der Waals surface area contributed by atoms with Crippen LogP contribution in [-0.2, 0) is 6.42 Å². The van der Waals surface area contributed by atoms with E-state index in [2.05, 4.69) is 30.2 Å². The van der Waals surface area contributed by atoms with Gasteiger partial charge in [-0.1, -0.05) is 30.0 Å². The Hall–Kier alpha value is -1.16. The number of hydrogen-bond donors (Lipinski definition) is 1. The molecule has 0 unspecified atom stereocenters. The Morgan fingerprint density at radius 1 is 1.37 bits per heavy atom. The summed E-state index contributed by atoms with van der Waals surface area (Å²) in [4.78, 5) is 4.66. The third kappa shape index (κ3) is 4.16. The second-order valence-corrected chi connectivity index (χ2v) is 6.44. The second kappa shape index (κ2) is 6.33. The number of thioether (sulfide) groups is 1. The van der Waals surface area contributed by atoms with Crippen LogP contribution in [0.3, 0.4) is 0 Å². The summed E-state index contributed by atoms with van der Waals surface area (Å²) in [6, 6.07) is 8.14. The normalized spacial score (nSPS) is 20.1. The van der Waals surface area contributed by atoms with Crippen molar-refractivity contribution in [3.05, 3.63) is 29.8 Å². The number of rotatable bonds is 4. The van der Waals surface area contributed by atoms with Crippen LogP contribution < -0.4 is 10.1 Å². The third-order valence-electron chi connectivity index (χ3n) is 3.24. The lowest BCUT2D eigenvalue weighted by atomic mass is 10.0. The molecule has 1 fully saturated rings. The average molecular weight is 278 g/mol. The molecule has 104 valence electrons. The van der Waals surface area contributed by atoms with Crippen molar-refractivity contribution < 1.29 is 4.74 Å². The Kier molecular flexibility index (Phi) is 4.75. The Balaban J connectivity index is 1.92. The van der Waals surface area contributed by atoms with Crippen LogP contribution in [0.15, 0.2) is 29.3 Å². The molecule has 1 heterocycles. The highest BCUT2D eigenvalue weighted by Crippen LogP contribution is 2.22. The number of ether oxygens (including phenoxy) is 1. The van der Waals surface area contributed by atoms with Gasteiger partial charge in [0, 0.05) is 17.8 Å². The molecule has 0 atom stereocenters. The number of nitrogens with zero attached hydrogens (tertiary/aromatic N) is 1. The summed E-state index contributed by atoms with van der Waals surface area (Å²) in [5, 5.41) is 4.56. The summed E-state index contributed by atoms with van der Waals surface area (Å²) in [5.41, 5.74) is 1.39. The predicted molar refractivity (Wildman–Crippen MR) is 83.3 cm³/mol. The van der Waals surface area contributed by atoms with E-state index in [4.69, 9.17) is 4.74 Å². The number of hydrogen-bond acceptors (Lipinski definition) is 3. The van der Waals surface area contributed by atoms with Gasteiger partial charge >= 0.3 is 0 Å². The summed E-state index contributed by atoms with van der Waals surface area (Å²) in [6.45, 7) is 5.25. The van der Waals surface area contributed by atoms with Crippen molar-refractivity contribution in [2.75, 3.05) is 19.4 Å². The number of aliphatic imine (C=N–C) groups is 1. The van der Waals surface area contributed by atoms with Crippen LogP contribution in [0.4, 0.5) is 0 Å². The molecule has 1 aliphatic heterocycles. The van der Waals surface area contributed by atoms with E-state index in [9.17, 15) is 0 Å². The first-order valence-electron chi connectivity index (χ1n) is 6.68. The minimum Gasteiger partial charge on any atom is -0.496 e. The van der Waals surface area contributed by atoms with Crippen molar-refractivity contribution in [2.24, 2.45) is 4.99 Å². The van der Waals surface area contributed by atoms with Crippen LogP contribution in [0.5, 0.6) is 5.75 Å². The largest absolute Gasteiger partial charge is 0.496 e. The Labute approximate surface area is 119 Å². The van der Waals surface area contributed by atoms with Gasteiger partial charge in [0.15, 0.2) is 5.17 Å². The zero-order valence-electron chi connectivity index (χ0n) is 11.9. The maximum Gasteiger partial charge on any atom is 0.156 e. The van der Waals surface area contributed by atoms with Crippen LogP contribution >= 0.6 is 11.8 Å². The van der Waals surface area contributed by atoms with Gasteiger partial charge in [0.1, 0.15) is 5.75 Å². The van der Waals surface area contributed by atoms with Gasteiger partial charge in [0.25, 0.3) is 0 Å². The fraction of sp³-hybridized carbons (Fsp3) is 0.533. The molecule has 0 saturated carbocycles. The smallest absolute Gasteiger partial charge is 0.156 e. The van der Waals surface area contributed by atoms with Gasteiger partial charge in [-0.15, -0.1) is 0 Å². The molecule has 0 bridgehead atoms. The predicted octanol–water partition coefficient (Wildman–Crippen LogP) is 3.10. The summed E-state index contributed by atoms with van der Waals surface area (Å²) in [5.74, 6) is 2.10. The van der Waals surface area contributed by atoms with Crippen LogP contribution in [0, 0.1) is 0 Å². The van der Waals surface area contributed by atoms with Crippen molar-refractivity contribution in [1.82, 2.24) is 5.32 Å². The lowest BCUT2D eigenvalue weighted by molar-refractivity contribution is 0.409. The molecule has 1 aromatic carbocycles. The lowest BCUT2D eigenvalue weighted by Gasteiger charge is -2.32. The van der Waals surface area contributed by atoms with Crippen LogP contribution in [0.25, 0.3) is 0 Å². The fourth-order valence-corrected chi connectivity index (χ4v) is 3.40. The van der Waals surface area contributed by atoms with E-state index in [1.165, 1.54) is 12.0 Å². The molecule has 1 saturated heterocycles. The molecule has 0 amide bonds. The molecule has 2 rings (SSSR count). The number of para-hydroxylation sites is 1. The van der Waals surface area contributed by atoms with Gasteiger partial charge in [-0.2, -0.15) is 0 Å². The van der Waals surface area contributed by atoms with E-state index in [1.807, 2.05) is 30.0 Å². The summed E-state index contributed by atoms with van der Waals surface area (Å²) in [7, 11) is 1.71. The van der Waals surface area contributed by atoms with Gasteiger partial charge in [0.2, 0.25) is 0 Å². The molecule has 1 aliphatic rings. The molecule has 0 radical (unpaired) electrons. The highest BCUT2D eigenvalue weighted by molar-refractivity contribution is 8.13. The van der Waals surface area contributed by atoms with Crippen LogP contribution in [0.2, 0.25) is 0 Å². The van der Waals surface area contributed by atoms with Crippen molar-refractivity contribution >= 4 is 16.9 Å². The van der Waals surface area contributed by atoms with Gasteiger partial charge in [-0.3, -0.25) is 4.99 Å². The molecular formula is C15H22N2OS. The molecular weight excluding hydrogens is 256 g/mol. The second-order valence-electron chi connectivity index (χ2n) is 5.36. The van der Waals surface area contributed by atoms with Gasteiger partial charge < -0.3 is 10.1 Å². The maximum absolute atomic E-state index is 5.35. The first-order chi connectivity index (χ1) is 9.11. The fourth-order valence-electron chi connectivity index (χ4n) is 2.06. The summed E-state index contributed by atoms with van der Waals surface area (Å²) < 4.78 is 5.35. The topological polar surface area (TPSA) is 33.6 Å². The number of nitrogens with one attached hydrogen (secondary N) is 1. The van der Waals surface area contributed by atoms with E-state index in [-0.39, 0.29) is 5.54 Å². The maximum atomic E-state index is 5.35. The monoisotopic (exact) mass is 278 g/mol. The highest BCUT2D eigenvalue weighted by Gasteiger charge is 2.23. The molecule has 4 heteroatoms.